The highest BCUT2D eigenvalue weighted by Crippen LogP contribution is 2.23. The summed E-state index contributed by atoms with van der Waals surface area (Å²) in [6, 6.07) is 13.3. The summed E-state index contributed by atoms with van der Waals surface area (Å²) in [6.45, 7) is 4.75. The molecule has 0 heterocycles. The molecule has 21 heavy (non-hydrogen) atoms. The van der Waals surface area contributed by atoms with Crippen LogP contribution < -0.4 is 10.6 Å². The van der Waals surface area contributed by atoms with E-state index in [1.165, 1.54) is 0 Å². The molecular weight excluding hydrogens is 375 g/mol. The van der Waals surface area contributed by atoms with Crippen LogP contribution in [0.4, 0.5) is 11.4 Å². The Labute approximate surface area is 139 Å². The summed E-state index contributed by atoms with van der Waals surface area (Å²) in [7, 11) is 0. The fraction of sp³-hybridized carbons (Fsp3) is 0.235. The van der Waals surface area contributed by atoms with Gasteiger partial charge in [-0.25, -0.2) is 0 Å². The summed E-state index contributed by atoms with van der Waals surface area (Å²) in [5.74, 6) is 0.0237. The maximum Gasteiger partial charge on any atom is 0.259 e. The third-order valence-corrected chi connectivity index (χ3v) is 4.73. The maximum absolute atomic E-state index is 12.9. The van der Waals surface area contributed by atoms with Crippen molar-refractivity contribution in [3.05, 3.63) is 57.2 Å². The molecule has 0 aliphatic rings. The van der Waals surface area contributed by atoms with E-state index >= 15 is 0 Å². The van der Waals surface area contributed by atoms with Crippen molar-refractivity contribution in [2.75, 3.05) is 17.2 Å². The van der Waals surface area contributed by atoms with Crippen molar-refractivity contribution >= 4 is 39.9 Å². The van der Waals surface area contributed by atoms with Crippen LogP contribution in [0.15, 0.2) is 42.5 Å². The number of nitrogens with two attached hydrogens (primary N) is 1. The molecule has 2 aromatic carbocycles. The van der Waals surface area contributed by atoms with E-state index < -0.39 is 0 Å². The van der Waals surface area contributed by atoms with Gasteiger partial charge < -0.3 is 10.6 Å². The van der Waals surface area contributed by atoms with Gasteiger partial charge in [0.25, 0.3) is 5.91 Å². The molecule has 0 spiro atoms. The Balaban J connectivity index is 2.42. The average Bonchev–Trinajstić information content (AvgIpc) is 2.47. The molecule has 0 aliphatic heterocycles. The van der Waals surface area contributed by atoms with E-state index in [1.807, 2.05) is 49.4 Å². The van der Waals surface area contributed by atoms with Crippen LogP contribution in [0.2, 0.25) is 0 Å². The lowest BCUT2D eigenvalue weighted by atomic mass is 10.1. The zero-order valence-electron chi connectivity index (χ0n) is 12.3. The van der Waals surface area contributed by atoms with Crippen molar-refractivity contribution in [2.45, 2.75) is 20.3 Å². The topological polar surface area (TPSA) is 46.3 Å². The molecular formula is C17H19IN2O. The van der Waals surface area contributed by atoms with Crippen LogP contribution in [0.3, 0.4) is 0 Å². The Bertz CT molecular complexity index is 655. The number of carbonyl (C=O) groups is 1. The molecule has 4 heteroatoms. The van der Waals surface area contributed by atoms with Gasteiger partial charge in [0.2, 0.25) is 0 Å². The number of hydrogen-bond acceptors (Lipinski definition) is 2. The van der Waals surface area contributed by atoms with Gasteiger partial charge in [0.05, 0.1) is 5.56 Å². The van der Waals surface area contributed by atoms with Gasteiger partial charge in [-0.3, -0.25) is 4.79 Å². The van der Waals surface area contributed by atoms with Crippen LogP contribution in [-0.4, -0.2) is 12.5 Å². The SMILES string of the molecule is CCCN(C(=O)c1cccc(C)c1I)c1cccc(N)c1. The van der Waals surface area contributed by atoms with E-state index in [2.05, 4.69) is 29.5 Å². The lowest BCUT2D eigenvalue weighted by Gasteiger charge is -2.23. The van der Waals surface area contributed by atoms with Crippen LogP contribution in [0.25, 0.3) is 0 Å². The van der Waals surface area contributed by atoms with E-state index in [4.69, 9.17) is 5.73 Å². The largest absolute Gasteiger partial charge is 0.399 e. The predicted molar refractivity (Wildman–Crippen MR) is 96.7 cm³/mol. The van der Waals surface area contributed by atoms with Gasteiger partial charge in [0.15, 0.2) is 0 Å². The van der Waals surface area contributed by atoms with Gasteiger partial charge in [-0.1, -0.05) is 25.1 Å². The van der Waals surface area contributed by atoms with E-state index in [0.717, 1.165) is 26.8 Å². The lowest BCUT2D eigenvalue weighted by Crippen LogP contribution is -2.32. The Morgan fingerprint density at radius 1 is 1.24 bits per heavy atom. The monoisotopic (exact) mass is 394 g/mol. The minimum Gasteiger partial charge on any atom is -0.399 e. The summed E-state index contributed by atoms with van der Waals surface area (Å²) in [4.78, 5) is 14.7. The van der Waals surface area contributed by atoms with E-state index in [9.17, 15) is 4.79 Å². The summed E-state index contributed by atoms with van der Waals surface area (Å²) < 4.78 is 1.00. The molecule has 2 aromatic rings. The van der Waals surface area contributed by atoms with Crippen LogP contribution in [-0.2, 0) is 0 Å². The minimum atomic E-state index is 0.0237. The molecule has 0 aromatic heterocycles. The first-order valence-corrected chi connectivity index (χ1v) is 8.05. The smallest absolute Gasteiger partial charge is 0.259 e. The zero-order valence-corrected chi connectivity index (χ0v) is 14.4. The van der Waals surface area contributed by atoms with Gasteiger partial charge in [0.1, 0.15) is 0 Å². The van der Waals surface area contributed by atoms with Crippen LogP contribution in [0.1, 0.15) is 29.3 Å². The van der Waals surface area contributed by atoms with Crippen molar-refractivity contribution in [1.29, 1.82) is 0 Å². The van der Waals surface area contributed by atoms with Crippen molar-refractivity contribution in [1.82, 2.24) is 0 Å². The molecule has 1 amide bonds. The number of nitrogens with zero attached hydrogens (tertiary/aromatic N) is 1. The van der Waals surface area contributed by atoms with Crippen LogP contribution in [0.5, 0.6) is 0 Å². The first kappa shape index (κ1) is 15.8. The van der Waals surface area contributed by atoms with Gasteiger partial charge in [0, 0.05) is 21.5 Å². The lowest BCUT2D eigenvalue weighted by molar-refractivity contribution is 0.0986. The van der Waals surface area contributed by atoms with Crippen LogP contribution >= 0.6 is 22.6 Å². The van der Waals surface area contributed by atoms with E-state index in [0.29, 0.717) is 12.2 Å². The Kier molecular flexibility index (Phi) is 5.22. The van der Waals surface area contributed by atoms with E-state index in [-0.39, 0.29) is 5.91 Å². The normalized spacial score (nSPS) is 10.4. The second kappa shape index (κ2) is 6.93. The molecule has 0 aliphatic carbocycles. The number of anilines is 2. The van der Waals surface area contributed by atoms with Crippen molar-refractivity contribution < 1.29 is 4.79 Å². The number of hydrogen-bond donors (Lipinski definition) is 1. The number of amides is 1. The number of halogens is 1. The molecule has 0 fully saturated rings. The summed E-state index contributed by atoms with van der Waals surface area (Å²) in [5.41, 5.74) is 9.22. The maximum atomic E-state index is 12.9. The highest BCUT2D eigenvalue weighted by atomic mass is 127. The quantitative estimate of drug-likeness (QED) is 0.623. The molecule has 110 valence electrons. The molecule has 0 saturated heterocycles. The van der Waals surface area contributed by atoms with Crippen molar-refractivity contribution in [3.8, 4) is 0 Å². The second-order valence-corrected chi connectivity index (χ2v) is 6.07. The molecule has 2 rings (SSSR count). The number of carbonyl (C=O) groups excluding carboxylic acids is 1. The Hall–Kier alpha value is -1.56. The number of aryl methyl sites for hydroxylation is 1. The first-order valence-electron chi connectivity index (χ1n) is 6.97. The van der Waals surface area contributed by atoms with Gasteiger partial charge in [-0.05, 0) is 65.8 Å². The minimum absolute atomic E-state index is 0.0237. The average molecular weight is 394 g/mol. The second-order valence-electron chi connectivity index (χ2n) is 4.99. The predicted octanol–water partition coefficient (Wildman–Crippen LogP) is 4.24. The van der Waals surface area contributed by atoms with E-state index in [1.54, 1.807) is 4.90 Å². The summed E-state index contributed by atoms with van der Waals surface area (Å²) >= 11 is 2.24. The molecule has 0 bridgehead atoms. The molecule has 3 nitrogen and oxygen atoms in total. The third kappa shape index (κ3) is 3.56. The fourth-order valence-electron chi connectivity index (χ4n) is 2.22. The summed E-state index contributed by atoms with van der Waals surface area (Å²) in [6.07, 6.45) is 0.892. The van der Waals surface area contributed by atoms with Crippen LogP contribution in [0, 0.1) is 10.5 Å². The third-order valence-electron chi connectivity index (χ3n) is 3.30. The molecule has 0 unspecified atom stereocenters. The Morgan fingerprint density at radius 2 is 1.95 bits per heavy atom. The van der Waals surface area contributed by atoms with Gasteiger partial charge in [-0.15, -0.1) is 0 Å². The standard InChI is InChI=1S/C17H19IN2O/c1-3-10-20(14-8-5-7-13(19)11-14)17(21)15-9-4-6-12(2)16(15)18/h4-9,11H,3,10,19H2,1-2H3. The molecule has 0 radical (unpaired) electrons. The number of nitrogen functional groups attached to an aromatic ring is 1. The fourth-order valence-corrected chi connectivity index (χ4v) is 2.81. The van der Waals surface area contributed by atoms with Gasteiger partial charge in [-0.2, -0.15) is 0 Å². The first-order chi connectivity index (χ1) is 10.0. The van der Waals surface area contributed by atoms with Crippen molar-refractivity contribution in [2.24, 2.45) is 0 Å². The van der Waals surface area contributed by atoms with Gasteiger partial charge >= 0.3 is 0 Å². The molecule has 0 saturated carbocycles. The number of benzene rings is 2. The van der Waals surface area contributed by atoms with Crippen molar-refractivity contribution in [3.63, 3.8) is 0 Å². The molecule has 2 N–H and O–H groups in total. The highest BCUT2D eigenvalue weighted by molar-refractivity contribution is 14.1. The highest BCUT2D eigenvalue weighted by Gasteiger charge is 2.19. The zero-order chi connectivity index (χ0) is 15.4. The molecule has 0 atom stereocenters. The summed E-state index contributed by atoms with van der Waals surface area (Å²) in [5, 5.41) is 0. The Morgan fingerprint density at radius 3 is 2.62 bits per heavy atom. The number of rotatable bonds is 4.